The quantitative estimate of drug-likeness (QED) is 0.788. The molecule has 0 atom stereocenters. The minimum absolute atomic E-state index is 0.519. The molecule has 68 valence electrons. The lowest BCUT2D eigenvalue weighted by Gasteiger charge is -2.02. The summed E-state index contributed by atoms with van der Waals surface area (Å²) in [5.74, 6) is 0. The molecule has 4 nitrogen and oxygen atoms in total. The van der Waals surface area contributed by atoms with Crippen LogP contribution < -0.4 is 5.73 Å². The van der Waals surface area contributed by atoms with Gasteiger partial charge in [-0.05, 0) is 0 Å². The van der Waals surface area contributed by atoms with Crippen LogP contribution in [0.2, 0.25) is 0 Å². The molecule has 0 saturated carbocycles. The van der Waals surface area contributed by atoms with E-state index in [9.17, 15) is 0 Å². The van der Waals surface area contributed by atoms with Gasteiger partial charge in [0.25, 0.3) is 0 Å². The molecule has 0 saturated heterocycles. The van der Waals surface area contributed by atoms with Gasteiger partial charge < -0.3 is 10.3 Å². The fourth-order valence-electron chi connectivity index (χ4n) is 1.14. The summed E-state index contributed by atoms with van der Waals surface area (Å²) in [6, 6.07) is 0. The number of aromatic nitrogens is 3. The van der Waals surface area contributed by atoms with E-state index in [0.717, 1.165) is 17.2 Å². The van der Waals surface area contributed by atoms with Gasteiger partial charge in [0.1, 0.15) is 5.01 Å². The van der Waals surface area contributed by atoms with Gasteiger partial charge >= 0.3 is 0 Å². The molecule has 13 heavy (non-hydrogen) atoms. The van der Waals surface area contributed by atoms with E-state index < -0.39 is 0 Å². The highest BCUT2D eigenvalue weighted by atomic mass is 32.1. The highest BCUT2D eigenvalue weighted by molar-refractivity contribution is 7.09. The van der Waals surface area contributed by atoms with Gasteiger partial charge in [0.15, 0.2) is 0 Å². The predicted octanol–water partition coefficient (Wildman–Crippen LogP) is 0.847. The highest BCUT2D eigenvalue weighted by Crippen LogP contribution is 2.08. The van der Waals surface area contributed by atoms with Crippen molar-refractivity contribution in [1.29, 1.82) is 0 Å². The maximum absolute atomic E-state index is 5.55. The van der Waals surface area contributed by atoms with Crippen LogP contribution in [0.25, 0.3) is 0 Å². The number of rotatable bonds is 3. The standard InChI is InChI=1S/C8H10N4S/c9-3-7-4-10-6-12(7)5-8-11-1-2-13-8/h1-2,4,6H,3,5,9H2. The smallest absolute Gasteiger partial charge is 0.112 e. The number of hydrogen-bond acceptors (Lipinski definition) is 4. The van der Waals surface area contributed by atoms with Crippen LogP contribution in [-0.4, -0.2) is 14.5 Å². The van der Waals surface area contributed by atoms with Gasteiger partial charge in [-0.1, -0.05) is 0 Å². The van der Waals surface area contributed by atoms with Gasteiger partial charge in [-0.25, -0.2) is 9.97 Å². The minimum Gasteiger partial charge on any atom is -0.326 e. The average molecular weight is 194 g/mol. The van der Waals surface area contributed by atoms with Gasteiger partial charge in [0, 0.05) is 24.3 Å². The van der Waals surface area contributed by atoms with Crippen LogP contribution in [-0.2, 0) is 13.1 Å². The van der Waals surface area contributed by atoms with Crippen LogP contribution >= 0.6 is 11.3 Å². The van der Waals surface area contributed by atoms with Crippen LogP contribution in [0.1, 0.15) is 10.7 Å². The second-order valence-electron chi connectivity index (χ2n) is 2.64. The third-order valence-corrected chi connectivity index (χ3v) is 2.56. The maximum Gasteiger partial charge on any atom is 0.112 e. The first-order chi connectivity index (χ1) is 6.40. The number of nitrogens with two attached hydrogens (primary N) is 1. The summed E-state index contributed by atoms with van der Waals surface area (Å²) in [6.07, 6.45) is 5.37. The Kier molecular flexibility index (Phi) is 2.37. The number of thiazole rings is 1. The van der Waals surface area contributed by atoms with Crippen molar-refractivity contribution in [3.8, 4) is 0 Å². The zero-order chi connectivity index (χ0) is 9.10. The molecule has 2 rings (SSSR count). The van der Waals surface area contributed by atoms with E-state index in [0.29, 0.717) is 6.54 Å². The van der Waals surface area contributed by atoms with Crippen LogP contribution in [0.5, 0.6) is 0 Å². The Hall–Kier alpha value is -1.20. The molecular formula is C8H10N4S. The van der Waals surface area contributed by atoms with E-state index >= 15 is 0 Å². The second kappa shape index (κ2) is 3.68. The monoisotopic (exact) mass is 194 g/mol. The number of hydrogen-bond donors (Lipinski definition) is 1. The summed E-state index contributed by atoms with van der Waals surface area (Å²) in [6.45, 7) is 1.29. The lowest BCUT2D eigenvalue weighted by molar-refractivity contribution is 0.735. The van der Waals surface area contributed by atoms with Crippen molar-refractivity contribution in [1.82, 2.24) is 14.5 Å². The lowest BCUT2D eigenvalue weighted by Crippen LogP contribution is -2.06. The second-order valence-corrected chi connectivity index (χ2v) is 3.62. The van der Waals surface area contributed by atoms with E-state index in [2.05, 4.69) is 9.97 Å². The van der Waals surface area contributed by atoms with Crippen molar-refractivity contribution in [2.45, 2.75) is 13.1 Å². The molecular weight excluding hydrogens is 184 g/mol. The highest BCUT2D eigenvalue weighted by Gasteiger charge is 2.01. The molecule has 2 N–H and O–H groups in total. The van der Waals surface area contributed by atoms with Crippen LogP contribution in [0, 0.1) is 0 Å². The first kappa shape index (κ1) is 8.40. The first-order valence-corrected chi connectivity index (χ1v) is 4.85. The van der Waals surface area contributed by atoms with E-state index in [1.165, 1.54) is 0 Å². The molecule has 0 radical (unpaired) electrons. The largest absolute Gasteiger partial charge is 0.326 e. The average Bonchev–Trinajstić information content (AvgIpc) is 2.76. The minimum atomic E-state index is 0.519. The molecule has 0 unspecified atom stereocenters. The molecule has 5 heteroatoms. The number of nitrogens with zero attached hydrogens (tertiary/aromatic N) is 3. The summed E-state index contributed by atoms with van der Waals surface area (Å²) in [4.78, 5) is 8.23. The van der Waals surface area contributed by atoms with Crippen LogP contribution in [0.15, 0.2) is 24.1 Å². The Bertz CT molecular complexity index is 365. The van der Waals surface area contributed by atoms with Gasteiger partial charge in [0.05, 0.1) is 18.6 Å². The Labute approximate surface area is 80.1 Å². The van der Waals surface area contributed by atoms with Crippen molar-refractivity contribution in [3.63, 3.8) is 0 Å². The fraction of sp³-hybridized carbons (Fsp3) is 0.250. The van der Waals surface area contributed by atoms with Gasteiger partial charge in [0.2, 0.25) is 0 Å². The van der Waals surface area contributed by atoms with E-state index in [1.807, 2.05) is 9.95 Å². The molecule has 0 fully saturated rings. The third kappa shape index (κ3) is 1.76. The summed E-state index contributed by atoms with van der Waals surface area (Å²) in [7, 11) is 0. The molecule has 2 aromatic rings. The van der Waals surface area contributed by atoms with E-state index in [4.69, 9.17) is 5.73 Å². The molecule has 0 aliphatic rings. The zero-order valence-corrected chi connectivity index (χ0v) is 7.87. The summed E-state index contributed by atoms with van der Waals surface area (Å²) < 4.78 is 2.01. The van der Waals surface area contributed by atoms with Crippen molar-refractivity contribution in [3.05, 3.63) is 34.8 Å². The van der Waals surface area contributed by atoms with Gasteiger partial charge in [-0.3, -0.25) is 0 Å². The molecule has 2 aromatic heterocycles. The number of imidazole rings is 1. The molecule has 0 bridgehead atoms. The Morgan fingerprint density at radius 1 is 1.54 bits per heavy atom. The van der Waals surface area contributed by atoms with Crippen LogP contribution in [0.3, 0.4) is 0 Å². The molecule has 0 aliphatic heterocycles. The molecule has 0 aliphatic carbocycles. The Morgan fingerprint density at radius 2 is 2.46 bits per heavy atom. The topological polar surface area (TPSA) is 56.7 Å². The van der Waals surface area contributed by atoms with E-state index in [-0.39, 0.29) is 0 Å². The zero-order valence-electron chi connectivity index (χ0n) is 7.05. The third-order valence-electron chi connectivity index (χ3n) is 1.80. The van der Waals surface area contributed by atoms with Gasteiger partial charge in [-0.15, -0.1) is 11.3 Å². The Morgan fingerprint density at radius 3 is 3.15 bits per heavy atom. The van der Waals surface area contributed by atoms with E-state index in [1.54, 1.807) is 30.1 Å². The molecule has 0 aromatic carbocycles. The van der Waals surface area contributed by atoms with Crippen molar-refractivity contribution < 1.29 is 0 Å². The fourth-order valence-corrected chi connectivity index (χ4v) is 1.75. The summed E-state index contributed by atoms with van der Waals surface area (Å²) >= 11 is 1.64. The molecule has 2 heterocycles. The summed E-state index contributed by atoms with van der Waals surface area (Å²) in [5, 5.41) is 3.04. The van der Waals surface area contributed by atoms with Gasteiger partial charge in [-0.2, -0.15) is 0 Å². The first-order valence-electron chi connectivity index (χ1n) is 3.97. The predicted molar refractivity (Wildman–Crippen MR) is 51.3 cm³/mol. The molecule has 0 spiro atoms. The Balaban J connectivity index is 2.18. The SMILES string of the molecule is NCc1cncn1Cc1nccs1. The van der Waals surface area contributed by atoms with Crippen molar-refractivity contribution in [2.75, 3.05) is 0 Å². The van der Waals surface area contributed by atoms with Crippen molar-refractivity contribution in [2.24, 2.45) is 5.73 Å². The normalized spacial score (nSPS) is 10.5. The molecule has 0 amide bonds. The maximum atomic E-state index is 5.55. The lowest BCUT2D eigenvalue weighted by atomic mass is 10.4. The summed E-state index contributed by atoms with van der Waals surface area (Å²) in [5.41, 5.74) is 6.58. The van der Waals surface area contributed by atoms with Crippen LogP contribution in [0.4, 0.5) is 0 Å². The van der Waals surface area contributed by atoms with Crippen molar-refractivity contribution >= 4 is 11.3 Å².